The summed E-state index contributed by atoms with van der Waals surface area (Å²) in [4.78, 5) is 22.8. The number of primary amides is 1. The molecule has 0 fully saturated rings. The van der Waals surface area contributed by atoms with E-state index >= 15 is 0 Å². The molecule has 19 heavy (non-hydrogen) atoms. The first-order valence-electron chi connectivity index (χ1n) is 5.61. The molecule has 0 heterocycles. The highest BCUT2D eigenvalue weighted by molar-refractivity contribution is 6.18. The largest absolute Gasteiger partial charge is 0.449 e. The lowest BCUT2D eigenvalue weighted by atomic mass is 9.98. The molecule has 8 heteroatoms. The first-order valence-corrected chi connectivity index (χ1v) is 6.31. The second-order valence-electron chi connectivity index (χ2n) is 4.04. The normalized spacial score (nSPS) is 14.8. The second kappa shape index (κ2) is 7.58. The van der Waals surface area contributed by atoms with Gasteiger partial charge in [-0.05, 0) is 6.92 Å². The number of carbonyl (C=O) groups is 2. The maximum absolute atomic E-state index is 11.5. The first kappa shape index (κ1) is 18.0. The standard InChI is InChI=1S/C11H20NO6Si/c1-10(9(12)14,18-8(13)7-19)5-6-11(15-2,16-3)17-4/h5-7H2,1-4H3,(H2,12,14). The maximum atomic E-state index is 11.5. The van der Waals surface area contributed by atoms with Crippen LogP contribution in [0, 0.1) is 0 Å². The summed E-state index contributed by atoms with van der Waals surface area (Å²) in [6.07, 6.45) is 0.251. The zero-order valence-electron chi connectivity index (χ0n) is 11.6. The third-order valence-electron chi connectivity index (χ3n) is 2.85. The van der Waals surface area contributed by atoms with Gasteiger partial charge in [0.25, 0.3) is 11.9 Å². The van der Waals surface area contributed by atoms with Crippen molar-refractivity contribution in [1.82, 2.24) is 0 Å². The summed E-state index contributed by atoms with van der Waals surface area (Å²) in [5.74, 6) is -2.65. The minimum absolute atomic E-state index is 0.0349. The Morgan fingerprint density at radius 3 is 1.89 bits per heavy atom. The number of esters is 1. The number of amides is 1. The summed E-state index contributed by atoms with van der Waals surface area (Å²) in [5.41, 5.74) is 3.82. The number of hydrogen-bond acceptors (Lipinski definition) is 6. The average molecular weight is 290 g/mol. The van der Waals surface area contributed by atoms with Crippen LogP contribution in [0.2, 0.25) is 6.04 Å². The predicted molar refractivity (Wildman–Crippen MR) is 67.2 cm³/mol. The molecule has 7 nitrogen and oxygen atoms in total. The Labute approximate surface area is 116 Å². The van der Waals surface area contributed by atoms with E-state index < -0.39 is 23.5 Å². The fourth-order valence-electron chi connectivity index (χ4n) is 1.46. The fraction of sp³-hybridized carbons (Fsp3) is 0.818. The van der Waals surface area contributed by atoms with Gasteiger partial charge >= 0.3 is 5.97 Å². The molecular formula is C11H20NO6Si. The second-order valence-corrected chi connectivity index (χ2v) is 4.39. The smallest absolute Gasteiger partial charge is 0.303 e. The van der Waals surface area contributed by atoms with E-state index in [2.05, 4.69) is 10.2 Å². The molecule has 0 aromatic rings. The van der Waals surface area contributed by atoms with Gasteiger partial charge in [0.2, 0.25) is 0 Å². The number of hydrogen-bond donors (Lipinski definition) is 1. The van der Waals surface area contributed by atoms with Crippen LogP contribution in [0.25, 0.3) is 0 Å². The maximum Gasteiger partial charge on any atom is 0.303 e. The van der Waals surface area contributed by atoms with Crippen molar-refractivity contribution in [3.63, 3.8) is 0 Å². The van der Waals surface area contributed by atoms with Crippen molar-refractivity contribution in [2.45, 2.75) is 37.4 Å². The lowest BCUT2D eigenvalue weighted by molar-refractivity contribution is -0.357. The molecule has 1 atom stereocenters. The molecule has 0 aliphatic heterocycles. The molecule has 0 aliphatic carbocycles. The molecule has 0 rings (SSSR count). The van der Waals surface area contributed by atoms with Crippen LogP contribution in [0.5, 0.6) is 0 Å². The summed E-state index contributed by atoms with van der Waals surface area (Å²) < 4.78 is 20.3. The quantitative estimate of drug-likeness (QED) is 0.357. The molecule has 3 radical (unpaired) electrons. The highest BCUT2D eigenvalue weighted by Crippen LogP contribution is 2.26. The summed E-state index contributed by atoms with van der Waals surface area (Å²) >= 11 is 0. The zero-order valence-corrected chi connectivity index (χ0v) is 12.6. The minimum Gasteiger partial charge on any atom is -0.449 e. The zero-order chi connectivity index (χ0) is 15.1. The van der Waals surface area contributed by atoms with Crippen molar-refractivity contribution >= 4 is 22.1 Å². The lowest BCUT2D eigenvalue weighted by Gasteiger charge is -2.33. The Bertz CT molecular complexity index is 312. The van der Waals surface area contributed by atoms with E-state index in [9.17, 15) is 9.59 Å². The summed E-state index contributed by atoms with van der Waals surface area (Å²) in [6, 6.07) is -0.0349. The van der Waals surface area contributed by atoms with E-state index in [0.29, 0.717) is 0 Å². The van der Waals surface area contributed by atoms with Crippen LogP contribution in [-0.2, 0) is 28.5 Å². The SMILES string of the molecule is COC(CCC(C)(OC(=O)C[Si])C(N)=O)(OC)OC. The molecule has 0 bridgehead atoms. The topological polar surface area (TPSA) is 97.1 Å². The number of rotatable bonds is 9. The van der Waals surface area contributed by atoms with Gasteiger partial charge in [0, 0.05) is 50.5 Å². The van der Waals surface area contributed by atoms with Crippen molar-refractivity contribution in [3.8, 4) is 0 Å². The van der Waals surface area contributed by atoms with Gasteiger partial charge in [-0.15, -0.1) is 0 Å². The van der Waals surface area contributed by atoms with Gasteiger partial charge in [-0.2, -0.15) is 0 Å². The molecular weight excluding hydrogens is 270 g/mol. The monoisotopic (exact) mass is 290 g/mol. The Morgan fingerprint density at radius 2 is 1.58 bits per heavy atom. The van der Waals surface area contributed by atoms with Gasteiger partial charge < -0.3 is 24.7 Å². The van der Waals surface area contributed by atoms with Gasteiger partial charge in [-0.25, -0.2) is 0 Å². The predicted octanol–water partition coefficient (Wildman–Crippen LogP) is -0.266. The molecule has 2 N–H and O–H groups in total. The summed E-state index contributed by atoms with van der Waals surface area (Å²) in [7, 11) is 7.20. The van der Waals surface area contributed by atoms with Crippen LogP contribution in [0.15, 0.2) is 0 Å². The Hall–Kier alpha value is -0.963. The highest BCUT2D eigenvalue weighted by Gasteiger charge is 2.40. The summed E-state index contributed by atoms with van der Waals surface area (Å²) in [5, 5.41) is 0. The van der Waals surface area contributed by atoms with Crippen LogP contribution in [-0.4, -0.2) is 55.0 Å². The van der Waals surface area contributed by atoms with Crippen LogP contribution in [0.3, 0.4) is 0 Å². The van der Waals surface area contributed by atoms with E-state index in [-0.39, 0.29) is 18.9 Å². The van der Waals surface area contributed by atoms with Crippen LogP contribution < -0.4 is 5.73 Å². The number of ether oxygens (including phenoxy) is 4. The lowest BCUT2D eigenvalue weighted by Crippen LogP contribution is -2.47. The van der Waals surface area contributed by atoms with Crippen molar-refractivity contribution in [2.24, 2.45) is 5.73 Å². The Balaban J connectivity index is 4.85. The van der Waals surface area contributed by atoms with Crippen LogP contribution in [0.4, 0.5) is 0 Å². The molecule has 0 aromatic heterocycles. The average Bonchev–Trinajstić information content (AvgIpc) is 2.40. The van der Waals surface area contributed by atoms with E-state index in [1.54, 1.807) is 0 Å². The minimum atomic E-state index is -1.45. The van der Waals surface area contributed by atoms with Crippen molar-refractivity contribution in [1.29, 1.82) is 0 Å². The third kappa shape index (κ3) is 4.90. The fourth-order valence-corrected chi connectivity index (χ4v) is 1.53. The first-order chi connectivity index (χ1) is 8.79. The molecule has 1 unspecified atom stereocenters. The molecule has 0 spiro atoms. The van der Waals surface area contributed by atoms with E-state index in [4.69, 9.17) is 24.7 Å². The van der Waals surface area contributed by atoms with E-state index in [1.165, 1.54) is 28.3 Å². The number of carbonyl (C=O) groups excluding carboxylic acids is 2. The van der Waals surface area contributed by atoms with Gasteiger partial charge in [0.05, 0.1) is 0 Å². The number of nitrogens with two attached hydrogens (primary N) is 1. The van der Waals surface area contributed by atoms with E-state index in [1.807, 2.05) is 0 Å². The molecule has 109 valence electrons. The van der Waals surface area contributed by atoms with Crippen LogP contribution in [0.1, 0.15) is 19.8 Å². The van der Waals surface area contributed by atoms with Gasteiger partial charge in [0.1, 0.15) is 0 Å². The Morgan fingerprint density at radius 1 is 1.11 bits per heavy atom. The van der Waals surface area contributed by atoms with E-state index in [0.717, 1.165) is 0 Å². The van der Waals surface area contributed by atoms with Crippen LogP contribution >= 0.6 is 0 Å². The molecule has 1 amide bonds. The number of methoxy groups -OCH3 is 3. The molecule has 0 aromatic carbocycles. The van der Waals surface area contributed by atoms with Gasteiger partial charge in [-0.3, -0.25) is 9.59 Å². The van der Waals surface area contributed by atoms with Crippen molar-refractivity contribution in [2.75, 3.05) is 21.3 Å². The Kier molecular flexibility index (Phi) is 7.20. The third-order valence-corrected chi connectivity index (χ3v) is 3.13. The molecule has 0 saturated carbocycles. The molecule has 0 saturated heterocycles. The summed E-state index contributed by atoms with van der Waals surface area (Å²) in [6.45, 7) is 1.43. The van der Waals surface area contributed by atoms with Crippen molar-refractivity contribution in [3.05, 3.63) is 0 Å². The van der Waals surface area contributed by atoms with Gasteiger partial charge in [-0.1, -0.05) is 0 Å². The highest BCUT2D eigenvalue weighted by atomic mass is 28.1. The van der Waals surface area contributed by atoms with Gasteiger partial charge in [0.15, 0.2) is 5.60 Å². The molecule has 0 aliphatic rings. The van der Waals surface area contributed by atoms with Crippen molar-refractivity contribution < 1.29 is 28.5 Å².